The zero-order valence-corrected chi connectivity index (χ0v) is 12.0. The fraction of sp³-hybridized carbons (Fsp3) is 0.857. The first-order chi connectivity index (χ1) is 8.79. The summed E-state index contributed by atoms with van der Waals surface area (Å²) >= 11 is 0. The number of rotatable bonds is 2. The van der Waals surface area contributed by atoms with Gasteiger partial charge in [0.05, 0.1) is 6.04 Å². The minimum Gasteiger partial charge on any atom is -0.480 e. The van der Waals surface area contributed by atoms with E-state index in [1.165, 1.54) is 0 Å². The normalized spacial score (nSPS) is 34.3. The molecular formula is C14H24N2O3. The molecule has 2 aliphatic heterocycles. The topological polar surface area (TPSA) is 69.6 Å². The van der Waals surface area contributed by atoms with Crippen LogP contribution in [0.15, 0.2) is 0 Å². The monoisotopic (exact) mass is 268 g/mol. The lowest BCUT2D eigenvalue weighted by Crippen LogP contribution is -2.61. The molecule has 1 amide bonds. The van der Waals surface area contributed by atoms with Crippen molar-refractivity contribution in [2.75, 3.05) is 13.1 Å². The summed E-state index contributed by atoms with van der Waals surface area (Å²) in [5, 5.41) is 12.7. The first-order valence-corrected chi connectivity index (χ1v) is 7.07. The molecule has 0 saturated carbocycles. The second kappa shape index (κ2) is 4.78. The highest BCUT2D eigenvalue weighted by Gasteiger charge is 2.50. The molecule has 5 nitrogen and oxygen atoms in total. The zero-order chi connectivity index (χ0) is 14.3. The first kappa shape index (κ1) is 14.3. The summed E-state index contributed by atoms with van der Waals surface area (Å²) in [6.45, 7) is 7.20. The van der Waals surface area contributed by atoms with Crippen LogP contribution in [0, 0.1) is 5.41 Å². The highest BCUT2D eigenvalue weighted by molar-refractivity contribution is 5.90. The Hall–Kier alpha value is -1.10. The Bertz CT molecular complexity index is 394. The van der Waals surface area contributed by atoms with Crippen LogP contribution in [-0.2, 0) is 9.59 Å². The second-order valence-electron chi connectivity index (χ2n) is 6.65. The van der Waals surface area contributed by atoms with Crippen LogP contribution in [0.1, 0.15) is 46.5 Å². The standard InChI is InChI=1S/C14H24N2O3/c1-13(2)6-4-8-15-10(13)11(17)16-9-5-7-14(16,3)12(18)19/h10,15H,4-9H2,1-3H3,(H,18,19). The fourth-order valence-electron chi connectivity index (χ4n) is 3.33. The van der Waals surface area contributed by atoms with Crippen molar-refractivity contribution < 1.29 is 14.7 Å². The predicted octanol–water partition coefficient (Wildman–Crippen LogP) is 1.23. The number of carbonyl (C=O) groups excluding carboxylic acids is 1. The van der Waals surface area contributed by atoms with E-state index in [2.05, 4.69) is 19.2 Å². The molecule has 19 heavy (non-hydrogen) atoms. The lowest BCUT2D eigenvalue weighted by atomic mass is 9.76. The van der Waals surface area contributed by atoms with E-state index in [-0.39, 0.29) is 17.4 Å². The van der Waals surface area contributed by atoms with Gasteiger partial charge in [0.2, 0.25) is 5.91 Å². The van der Waals surface area contributed by atoms with Gasteiger partial charge in [-0.1, -0.05) is 13.8 Å². The number of carboxylic acids is 1. The van der Waals surface area contributed by atoms with Crippen molar-refractivity contribution in [1.29, 1.82) is 0 Å². The average Bonchev–Trinajstić information content (AvgIpc) is 2.71. The summed E-state index contributed by atoms with van der Waals surface area (Å²) in [6.07, 6.45) is 3.37. The Morgan fingerprint density at radius 2 is 1.89 bits per heavy atom. The van der Waals surface area contributed by atoms with Crippen LogP contribution in [0.4, 0.5) is 0 Å². The number of aliphatic carboxylic acids is 1. The molecule has 2 aliphatic rings. The molecule has 2 fully saturated rings. The predicted molar refractivity (Wildman–Crippen MR) is 71.8 cm³/mol. The number of amides is 1. The number of nitrogens with zero attached hydrogens (tertiary/aromatic N) is 1. The Morgan fingerprint density at radius 3 is 2.47 bits per heavy atom. The first-order valence-electron chi connectivity index (χ1n) is 7.07. The van der Waals surface area contributed by atoms with Crippen LogP contribution in [0.2, 0.25) is 0 Å². The van der Waals surface area contributed by atoms with Gasteiger partial charge in [0.1, 0.15) is 5.54 Å². The van der Waals surface area contributed by atoms with E-state index in [4.69, 9.17) is 0 Å². The van der Waals surface area contributed by atoms with Crippen LogP contribution < -0.4 is 5.32 Å². The van der Waals surface area contributed by atoms with E-state index in [0.717, 1.165) is 25.8 Å². The number of likely N-dealkylation sites (tertiary alicyclic amines) is 1. The van der Waals surface area contributed by atoms with Crippen molar-refractivity contribution in [3.8, 4) is 0 Å². The molecule has 2 unspecified atom stereocenters. The van der Waals surface area contributed by atoms with E-state index in [0.29, 0.717) is 13.0 Å². The van der Waals surface area contributed by atoms with Crippen molar-refractivity contribution in [2.24, 2.45) is 5.41 Å². The minimum atomic E-state index is -1.04. The van der Waals surface area contributed by atoms with Gasteiger partial charge in [0, 0.05) is 6.54 Å². The van der Waals surface area contributed by atoms with Gasteiger partial charge in [-0.3, -0.25) is 4.79 Å². The number of carbonyl (C=O) groups is 2. The smallest absolute Gasteiger partial charge is 0.329 e. The molecule has 0 aromatic heterocycles. The SMILES string of the molecule is CC1(C)CCCNC1C(=O)N1CCCC1(C)C(=O)O. The van der Waals surface area contributed by atoms with Crippen LogP contribution in [-0.4, -0.2) is 46.6 Å². The molecule has 5 heteroatoms. The van der Waals surface area contributed by atoms with Gasteiger partial charge in [-0.25, -0.2) is 4.79 Å². The van der Waals surface area contributed by atoms with Crippen molar-refractivity contribution in [2.45, 2.75) is 58.0 Å². The third-order valence-corrected chi connectivity index (χ3v) is 4.74. The van der Waals surface area contributed by atoms with Crippen LogP contribution in [0.5, 0.6) is 0 Å². The summed E-state index contributed by atoms with van der Waals surface area (Å²) in [5.74, 6) is -0.945. The minimum absolute atomic E-state index is 0.0490. The van der Waals surface area contributed by atoms with E-state index in [1.807, 2.05) is 0 Å². The molecule has 0 spiro atoms. The molecule has 0 aliphatic carbocycles. The molecule has 0 bridgehead atoms. The van der Waals surface area contributed by atoms with Gasteiger partial charge in [0.25, 0.3) is 0 Å². The molecule has 0 aromatic carbocycles. The Morgan fingerprint density at radius 1 is 1.21 bits per heavy atom. The third kappa shape index (κ3) is 2.36. The number of nitrogens with one attached hydrogen (secondary N) is 1. The maximum absolute atomic E-state index is 12.7. The highest BCUT2D eigenvalue weighted by Crippen LogP contribution is 2.35. The van der Waals surface area contributed by atoms with E-state index in [9.17, 15) is 14.7 Å². The molecule has 2 heterocycles. The summed E-state index contributed by atoms with van der Waals surface area (Å²) in [4.78, 5) is 25.8. The van der Waals surface area contributed by atoms with Crippen LogP contribution >= 0.6 is 0 Å². The summed E-state index contributed by atoms with van der Waals surface area (Å²) in [6, 6.07) is -0.266. The van der Waals surface area contributed by atoms with Crippen molar-refractivity contribution >= 4 is 11.9 Å². The largest absolute Gasteiger partial charge is 0.480 e. The maximum Gasteiger partial charge on any atom is 0.329 e. The third-order valence-electron chi connectivity index (χ3n) is 4.74. The van der Waals surface area contributed by atoms with Crippen LogP contribution in [0.25, 0.3) is 0 Å². The van der Waals surface area contributed by atoms with Crippen molar-refractivity contribution in [3.05, 3.63) is 0 Å². The van der Waals surface area contributed by atoms with Gasteiger partial charge < -0.3 is 15.3 Å². The number of piperidine rings is 1. The van der Waals surface area contributed by atoms with Gasteiger partial charge in [-0.15, -0.1) is 0 Å². The quantitative estimate of drug-likeness (QED) is 0.790. The fourth-order valence-corrected chi connectivity index (χ4v) is 3.33. The van der Waals surface area contributed by atoms with Gasteiger partial charge in [-0.2, -0.15) is 0 Å². The Labute approximate surface area is 114 Å². The lowest BCUT2D eigenvalue weighted by molar-refractivity contribution is -0.157. The molecule has 2 N–H and O–H groups in total. The molecule has 2 rings (SSSR count). The molecular weight excluding hydrogens is 244 g/mol. The summed E-state index contributed by atoms with van der Waals surface area (Å²) in [7, 11) is 0. The molecule has 2 atom stereocenters. The van der Waals surface area contributed by atoms with Crippen molar-refractivity contribution in [3.63, 3.8) is 0 Å². The molecule has 0 radical (unpaired) electrons. The number of carboxylic acid groups (broad SMARTS) is 1. The zero-order valence-electron chi connectivity index (χ0n) is 12.0. The van der Waals surface area contributed by atoms with Gasteiger partial charge in [-0.05, 0) is 44.6 Å². The number of hydrogen-bond acceptors (Lipinski definition) is 3. The van der Waals surface area contributed by atoms with E-state index < -0.39 is 11.5 Å². The highest BCUT2D eigenvalue weighted by atomic mass is 16.4. The summed E-state index contributed by atoms with van der Waals surface area (Å²) < 4.78 is 0. The lowest BCUT2D eigenvalue weighted by Gasteiger charge is -2.42. The maximum atomic E-state index is 12.7. The molecule has 108 valence electrons. The molecule has 0 aromatic rings. The van der Waals surface area contributed by atoms with Gasteiger partial charge >= 0.3 is 5.97 Å². The van der Waals surface area contributed by atoms with E-state index >= 15 is 0 Å². The van der Waals surface area contributed by atoms with Gasteiger partial charge in [0.15, 0.2) is 0 Å². The number of hydrogen-bond donors (Lipinski definition) is 2. The average molecular weight is 268 g/mol. The molecule has 2 saturated heterocycles. The van der Waals surface area contributed by atoms with Crippen molar-refractivity contribution in [1.82, 2.24) is 10.2 Å². The second-order valence-corrected chi connectivity index (χ2v) is 6.65. The summed E-state index contributed by atoms with van der Waals surface area (Å²) in [5.41, 5.74) is -1.15. The Balaban J connectivity index is 2.21. The van der Waals surface area contributed by atoms with Crippen LogP contribution in [0.3, 0.4) is 0 Å². The van der Waals surface area contributed by atoms with E-state index in [1.54, 1.807) is 11.8 Å². The Kier molecular flexibility index (Phi) is 3.60.